The molecule has 0 saturated carbocycles. The van der Waals surface area contributed by atoms with Crippen LogP contribution in [0.5, 0.6) is 0 Å². The number of hydrogen-bond acceptors (Lipinski definition) is 4. The van der Waals surface area contributed by atoms with E-state index >= 15 is 0 Å². The second-order valence-corrected chi connectivity index (χ2v) is 5.98. The van der Waals surface area contributed by atoms with Gasteiger partial charge in [-0.3, -0.25) is 9.58 Å². The molecule has 120 valence electrons. The van der Waals surface area contributed by atoms with Crippen LogP contribution in [0.25, 0.3) is 0 Å². The molecule has 2 rings (SSSR count). The van der Waals surface area contributed by atoms with Crippen molar-refractivity contribution in [3.63, 3.8) is 0 Å². The van der Waals surface area contributed by atoms with Gasteiger partial charge in [0, 0.05) is 31.0 Å². The van der Waals surface area contributed by atoms with Crippen molar-refractivity contribution in [3.8, 4) is 0 Å². The Balaban J connectivity index is 1.89. The molecule has 1 aromatic heterocycles. The Labute approximate surface area is 127 Å². The van der Waals surface area contributed by atoms with Crippen LogP contribution < -0.4 is 0 Å². The first-order valence-electron chi connectivity index (χ1n) is 8.09. The summed E-state index contributed by atoms with van der Waals surface area (Å²) in [4.78, 5) is 2.52. The van der Waals surface area contributed by atoms with Gasteiger partial charge in [-0.2, -0.15) is 5.10 Å². The molecule has 0 unspecified atom stereocenters. The predicted molar refractivity (Wildman–Crippen MR) is 83.3 cm³/mol. The Bertz CT molecular complexity index is 437. The number of ether oxygens (including phenoxy) is 1. The van der Waals surface area contributed by atoms with Gasteiger partial charge in [0.25, 0.3) is 0 Å². The first kappa shape index (κ1) is 16.5. The van der Waals surface area contributed by atoms with E-state index in [1.54, 1.807) is 0 Å². The van der Waals surface area contributed by atoms with Gasteiger partial charge < -0.3 is 9.84 Å². The van der Waals surface area contributed by atoms with E-state index in [1.807, 2.05) is 4.68 Å². The number of likely N-dealkylation sites (tertiary alicyclic amines) is 1. The molecule has 0 bridgehead atoms. The third kappa shape index (κ3) is 4.28. The van der Waals surface area contributed by atoms with Gasteiger partial charge in [-0.05, 0) is 52.6 Å². The van der Waals surface area contributed by atoms with Gasteiger partial charge in [-0.15, -0.1) is 0 Å². The number of aliphatic hydroxyl groups is 1. The van der Waals surface area contributed by atoms with Gasteiger partial charge in [-0.25, -0.2) is 0 Å². The van der Waals surface area contributed by atoms with Crippen LogP contribution in [0, 0.1) is 19.8 Å². The highest BCUT2D eigenvalue weighted by Gasteiger charge is 2.21. The summed E-state index contributed by atoms with van der Waals surface area (Å²) >= 11 is 0. The van der Waals surface area contributed by atoms with E-state index in [4.69, 9.17) is 9.84 Å². The van der Waals surface area contributed by atoms with E-state index < -0.39 is 0 Å². The maximum Gasteiger partial charge on any atom is 0.0644 e. The minimum atomic E-state index is 0.143. The van der Waals surface area contributed by atoms with Crippen LogP contribution in [0.3, 0.4) is 0 Å². The molecule has 1 N–H and O–H groups in total. The van der Waals surface area contributed by atoms with E-state index in [0.717, 1.165) is 44.5 Å². The van der Waals surface area contributed by atoms with Crippen molar-refractivity contribution in [2.45, 2.75) is 46.7 Å². The second kappa shape index (κ2) is 7.92. The zero-order chi connectivity index (χ0) is 15.2. The Hall–Kier alpha value is -0.910. The van der Waals surface area contributed by atoms with Gasteiger partial charge in [0.1, 0.15) is 0 Å². The largest absolute Gasteiger partial charge is 0.394 e. The Morgan fingerprint density at radius 1 is 1.29 bits per heavy atom. The number of aliphatic hydroxyl groups excluding tert-OH is 1. The lowest BCUT2D eigenvalue weighted by Gasteiger charge is -2.31. The van der Waals surface area contributed by atoms with Crippen LogP contribution in [0.2, 0.25) is 0 Å². The van der Waals surface area contributed by atoms with Crippen LogP contribution in [-0.2, 0) is 17.8 Å². The van der Waals surface area contributed by atoms with E-state index in [2.05, 4.69) is 30.8 Å². The molecule has 0 amide bonds. The van der Waals surface area contributed by atoms with Crippen LogP contribution in [0.4, 0.5) is 0 Å². The van der Waals surface area contributed by atoms with E-state index in [-0.39, 0.29) is 6.61 Å². The average Bonchev–Trinajstić information content (AvgIpc) is 2.75. The first-order chi connectivity index (χ1) is 10.2. The lowest BCUT2D eigenvalue weighted by molar-refractivity contribution is 0.0722. The summed E-state index contributed by atoms with van der Waals surface area (Å²) in [5.74, 6) is 0.723. The van der Waals surface area contributed by atoms with Gasteiger partial charge in [0.2, 0.25) is 0 Å². The summed E-state index contributed by atoms with van der Waals surface area (Å²) in [6.07, 6.45) is 2.45. The van der Waals surface area contributed by atoms with Crippen molar-refractivity contribution in [3.05, 3.63) is 17.0 Å². The van der Waals surface area contributed by atoms with E-state index in [1.165, 1.54) is 24.1 Å². The van der Waals surface area contributed by atoms with Gasteiger partial charge in [-0.1, -0.05) is 0 Å². The third-order valence-corrected chi connectivity index (χ3v) is 4.49. The Morgan fingerprint density at radius 2 is 2.00 bits per heavy atom. The molecule has 2 heterocycles. The third-order valence-electron chi connectivity index (χ3n) is 4.49. The zero-order valence-electron chi connectivity index (χ0n) is 13.6. The van der Waals surface area contributed by atoms with Crippen LogP contribution in [-0.4, -0.2) is 52.7 Å². The Morgan fingerprint density at radius 3 is 2.62 bits per heavy atom. The average molecular weight is 295 g/mol. The number of hydrogen-bond donors (Lipinski definition) is 1. The number of piperidine rings is 1. The maximum absolute atomic E-state index is 9.08. The van der Waals surface area contributed by atoms with E-state index in [9.17, 15) is 0 Å². The van der Waals surface area contributed by atoms with Gasteiger partial charge in [0.15, 0.2) is 0 Å². The predicted octanol–water partition coefficient (Wildman–Crippen LogP) is 1.74. The smallest absolute Gasteiger partial charge is 0.0644 e. The van der Waals surface area contributed by atoms with Crippen molar-refractivity contribution in [1.29, 1.82) is 0 Å². The molecule has 5 heteroatoms. The fourth-order valence-electron chi connectivity index (χ4n) is 3.09. The molecule has 1 aliphatic heterocycles. The normalized spacial score (nSPS) is 17.5. The van der Waals surface area contributed by atoms with Gasteiger partial charge >= 0.3 is 0 Å². The highest BCUT2D eigenvalue weighted by Crippen LogP contribution is 2.22. The lowest BCUT2D eigenvalue weighted by atomic mass is 9.97. The molecule has 1 aliphatic rings. The number of rotatable bonds is 7. The molecule has 0 aromatic carbocycles. The van der Waals surface area contributed by atoms with Crippen LogP contribution in [0.15, 0.2) is 0 Å². The highest BCUT2D eigenvalue weighted by atomic mass is 16.5. The minimum Gasteiger partial charge on any atom is -0.394 e. The molecule has 1 fully saturated rings. The molecule has 5 nitrogen and oxygen atoms in total. The fraction of sp³-hybridized carbons (Fsp3) is 0.812. The van der Waals surface area contributed by atoms with Crippen molar-refractivity contribution >= 4 is 0 Å². The second-order valence-electron chi connectivity index (χ2n) is 5.98. The number of aryl methyl sites for hydroxylation is 1. The fourth-order valence-corrected chi connectivity index (χ4v) is 3.09. The maximum atomic E-state index is 9.08. The summed E-state index contributed by atoms with van der Waals surface area (Å²) in [6, 6.07) is 0. The van der Waals surface area contributed by atoms with Crippen LogP contribution in [0.1, 0.15) is 36.7 Å². The summed E-state index contributed by atoms with van der Waals surface area (Å²) in [6.45, 7) is 12.0. The molecule has 0 aliphatic carbocycles. The number of aromatic nitrogens is 2. The van der Waals surface area contributed by atoms with Crippen molar-refractivity contribution < 1.29 is 9.84 Å². The van der Waals surface area contributed by atoms with Crippen molar-refractivity contribution in [1.82, 2.24) is 14.7 Å². The molecule has 0 radical (unpaired) electrons. The summed E-state index contributed by atoms with van der Waals surface area (Å²) in [5.41, 5.74) is 3.61. The van der Waals surface area contributed by atoms with Crippen molar-refractivity contribution in [2.24, 2.45) is 5.92 Å². The topological polar surface area (TPSA) is 50.5 Å². The molecule has 21 heavy (non-hydrogen) atoms. The lowest BCUT2D eigenvalue weighted by Crippen LogP contribution is -2.35. The quantitative estimate of drug-likeness (QED) is 0.832. The Kier molecular flexibility index (Phi) is 6.21. The molecule has 0 spiro atoms. The summed E-state index contributed by atoms with van der Waals surface area (Å²) in [5, 5.41) is 13.6. The first-order valence-corrected chi connectivity index (χ1v) is 8.09. The molecular formula is C16H29N3O2. The standard InChI is InChI=1S/C16H29N3O2/c1-4-21-12-15-5-7-18(8-6-15)11-16-13(2)17-19(9-10-20)14(16)3/h15,20H,4-12H2,1-3H3. The number of nitrogens with zero attached hydrogens (tertiary/aromatic N) is 3. The monoisotopic (exact) mass is 295 g/mol. The van der Waals surface area contributed by atoms with Crippen molar-refractivity contribution in [2.75, 3.05) is 32.9 Å². The molecule has 0 atom stereocenters. The van der Waals surface area contributed by atoms with E-state index in [0.29, 0.717) is 6.54 Å². The molecular weight excluding hydrogens is 266 g/mol. The zero-order valence-corrected chi connectivity index (χ0v) is 13.6. The summed E-state index contributed by atoms with van der Waals surface area (Å²) < 4.78 is 7.46. The summed E-state index contributed by atoms with van der Waals surface area (Å²) in [7, 11) is 0. The SMILES string of the molecule is CCOCC1CCN(Cc2c(C)nn(CCO)c2C)CC1. The van der Waals surface area contributed by atoms with Crippen LogP contribution >= 0.6 is 0 Å². The minimum absolute atomic E-state index is 0.143. The highest BCUT2D eigenvalue weighted by molar-refractivity contribution is 5.24. The van der Waals surface area contributed by atoms with Gasteiger partial charge in [0.05, 0.1) is 18.8 Å². The molecule has 1 saturated heterocycles. The molecule has 1 aromatic rings.